The van der Waals surface area contributed by atoms with E-state index in [4.69, 9.17) is 35.7 Å². The number of carbonyl (C=O) groups excluding carboxylic acids is 2. The fraction of sp³-hybridized carbons (Fsp3) is 0.148. The Kier molecular flexibility index (Phi) is 9.51. The molecule has 0 atom stereocenters. The number of methoxy groups -OCH3 is 2. The van der Waals surface area contributed by atoms with Crippen molar-refractivity contribution in [3.05, 3.63) is 82.9 Å². The van der Waals surface area contributed by atoms with Crippen LogP contribution in [-0.4, -0.2) is 50.2 Å². The van der Waals surface area contributed by atoms with Gasteiger partial charge in [-0.25, -0.2) is 4.79 Å². The Hall–Kier alpha value is -4.50. The molecule has 0 heterocycles. The number of benzene rings is 3. The Balaban J connectivity index is 1.64. The zero-order valence-electron chi connectivity index (χ0n) is 20.0. The number of aliphatic carboxylic acids is 1. The molecule has 192 valence electrons. The Bertz CT molecular complexity index is 1320. The van der Waals surface area contributed by atoms with Crippen molar-refractivity contribution >= 4 is 41.0 Å². The van der Waals surface area contributed by atoms with Gasteiger partial charge in [-0.3, -0.25) is 9.59 Å². The van der Waals surface area contributed by atoms with E-state index in [1.807, 2.05) is 0 Å². The van der Waals surface area contributed by atoms with Crippen molar-refractivity contribution in [2.75, 3.05) is 32.8 Å². The Morgan fingerprint density at radius 3 is 2.19 bits per heavy atom. The van der Waals surface area contributed by atoms with E-state index in [0.717, 1.165) is 0 Å². The van der Waals surface area contributed by atoms with Crippen molar-refractivity contribution in [1.82, 2.24) is 0 Å². The number of carboxylic acid groups (broad SMARTS) is 1. The van der Waals surface area contributed by atoms with Crippen LogP contribution in [0.3, 0.4) is 0 Å². The van der Waals surface area contributed by atoms with Gasteiger partial charge in [0.25, 0.3) is 5.91 Å². The second-order valence-corrected chi connectivity index (χ2v) is 7.88. The summed E-state index contributed by atoms with van der Waals surface area (Å²) in [5.74, 6) is -0.646. The molecule has 0 unspecified atom stereocenters. The lowest BCUT2D eigenvalue weighted by Gasteiger charge is -2.12. The quantitative estimate of drug-likeness (QED) is 0.257. The van der Waals surface area contributed by atoms with Crippen LogP contribution in [0.5, 0.6) is 23.0 Å². The number of halogens is 1. The minimum absolute atomic E-state index is 0.214. The van der Waals surface area contributed by atoms with Gasteiger partial charge in [-0.05, 0) is 54.1 Å². The third kappa shape index (κ3) is 7.74. The number of ether oxygens (including phenoxy) is 4. The number of allylic oxidation sites excluding steroid dienone is 1. The van der Waals surface area contributed by atoms with E-state index in [2.05, 4.69) is 5.32 Å². The number of amides is 1. The molecule has 0 bridgehead atoms. The monoisotopic (exact) mass is 525 g/mol. The minimum atomic E-state index is -1.13. The highest BCUT2D eigenvalue weighted by molar-refractivity contribution is 6.33. The lowest BCUT2D eigenvalue weighted by molar-refractivity contribution is -0.139. The van der Waals surface area contributed by atoms with Gasteiger partial charge in [0, 0.05) is 5.56 Å². The predicted molar refractivity (Wildman–Crippen MR) is 138 cm³/mol. The number of carboxylic acids is 1. The molecule has 0 aromatic heterocycles. The van der Waals surface area contributed by atoms with Crippen LogP contribution in [-0.2, 0) is 9.59 Å². The topological polar surface area (TPSA) is 120 Å². The molecule has 37 heavy (non-hydrogen) atoms. The maximum absolute atomic E-state index is 12.6. The summed E-state index contributed by atoms with van der Waals surface area (Å²) in [5.41, 5.74) is 1.47. The van der Waals surface area contributed by atoms with E-state index in [1.165, 1.54) is 38.5 Å². The maximum Gasteiger partial charge on any atom is 0.341 e. The molecule has 9 nitrogen and oxygen atoms in total. The van der Waals surface area contributed by atoms with Crippen LogP contribution in [0, 0.1) is 0 Å². The van der Waals surface area contributed by atoms with Gasteiger partial charge in [0.05, 0.1) is 24.9 Å². The normalized spacial score (nSPS) is 10.6. The van der Waals surface area contributed by atoms with E-state index in [0.29, 0.717) is 33.3 Å². The molecule has 0 aliphatic carbocycles. The van der Waals surface area contributed by atoms with Gasteiger partial charge >= 0.3 is 5.97 Å². The summed E-state index contributed by atoms with van der Waals surface area (Å²) < 4.78 is 21.3. The number of anilines is 1. The fourth-order valence-corrected chi connectivity index (χ4v) is 3.33. The van der Waals surface area contributed by atoms with Crippen molar-refractivity contribution in [3.8, 4) is 23.0 Å². The first kappa shape index (κ1) is 27.1. The molecular formula is C27H24ClNO8. The van der Waals surface area contributed by atoms with Crippen LogP contribution < -0.4 is 24.3 Å². The number of hydrogen-bond acceptors (Lipinski definition) is 7. The third-order valence-electron chi connectivity index (χ3n) is 4.92. The molecule has 0 saturated heterocycles. The van der Waals surface area contributed by atoms with Crippen molar-refractivity contribution in [1.29, 1.82) is 0 Å². The Morgan fingerprint density at radius 2 is 1.51 bits per heavy atom. The highest BCUT2D eigenvalue weighted by Crippen LogP contribution is 2.30. The van der Waals surface area contributed by atoms with E-state index in [-0.39, 0.29) is 29.8 Å². The van der Waals surface area contributed by atoms with E-state index < -0.39 is 12.6 Å². The van der Waals surface area contributed by atoms with E-state index in [9.17, 15) is 14.4 Å². The first-order chi connectivity index (χ1) is 17.8. The SMILES string of the molecule is COc1cc(C(=O)/C=C/c2ccc(OCC(=O)Nc3ccccc3Cl)c(OC)c2)ccc1OCC(=O)O. The number of rotatable bonds is 12. The van der Waals surface area contributed by atoms with Crippen molar-refractivity contribution < 1.29 is 38.4 Å². The largest absolute Gasteiger partial charge is 0.493 e. The highest BCUT2D eigenvalue weighted by Gasteiger charge is 2.12. The minimum Gasteiger partial charge on any atom is -0.493 e. The maximum atomic E-state index is 12.6. The summed E-state index contributed by atoms with van der Waals surface area (Å²) in [6.07, 6.45) is 2.97. The van der Waals surface area contributed by atoms with Gasteiger partial charge in [-0.1, -0.05) is 35.9 Å². The lowest BCUT2D eigenvalue weighted by Crippen LogP contribution is -2.20. The zero-order chi connectivity index (χ0) is 26.8. The summed E-state index contributed by atoms with van der Waals surface area (Å²) in [4.78, 5) is 35.6. The molecule has 1 amide bonds. The molecular weight excluding hydrogens is 502 g/mol. The summed E-state index contributed by atoms with van der Waals surface area (Å²) in [6.45, 7) is -0.791. The van der Waals surface area contributed by atoms with Crippen LogP contribution in [0.1, 0.15) is 15.9 Å². The Morgan fingerprint density at radius 1 is 0.865 bits per heavy atom. The Labute approximate surface area is 218 Å². The van der Waals surface area contributed by atoms with Crippen LogP contribution in [0.25, 0.3) is 6.08 Å². The van der Waals surface area contributed by atoms with Gasteiger partial charge in [0.1, 0.15) is 0 Å². The third-order valence-corrected chi connectivity index (χ3v) is 5.25. The first-order valence-electron chi connectivity index (χ1n) is 10.9. The molecule has 0 saturated carbocycles. The standard InChI is InChI=1S/C27H24ClNO8/c1-34-24-13-17(8-11-22(24)36-15-26(31)29-20-6-4-3-5-19(20)28)7-10-21(30)18-9-12-23(25(14-18)35-2)37-16-27(32)33/h3-14H,15-16H2,1-2H3,(H,29,31)(H,32,33)/b10-7+. The van der Waals surface area contributed by atoms with Gasteiger partial charge in [-0.15, -0.1) is 0 Å². The number of para-hydroxylation sites is 1. The van der Waals surface area contributed by atoms with Crippen molar-refractivity contribution in [3.63, 3.8) is 0 Å². The van der Waals surface area contributed by atoms with Crippen LogP contribution >= 0.6 is 11.6 Å². The summed E-state index contributed by atoms with van der Waals surface area (Å²) in [7, 11) is 2.86. The molecule has 0 aliphatic heterocycles. The second kappa shape index (κ2) is 13.0. The number of hydrogen-bond donors (Lipinski definition) is 2. The highest BCUT2D eigenvalue weighted by atomic mass is 35.5. The van der Waals surface area contributed by atoms with Gasteiger partial charge in [0.15, 0.2) is 42.0 Å². The van der Waals surface area contributed by atoms with Crippen molar-refractivity contribution in [2.45, 2.75) is 0 Å². The summed E-state index contributed by atoms with van der Waals surface area (Å²) in [6, 6.07) is 16.3. The average molecular weight is 526 g/mol. The van der Waals surface area contributed by atoms with Crippen LogP contribution in [0.4, 0.5) is 5.69 Å². The summed E-state index contributed by atoms with van der Waals surface area (Å²) in [5, 5.41) is 11.9. The number of carbonyl (C=O) groups is 3. The fourth-order valence-electron chi connectivity index (χ4n) is 3.15. The van der Waals surface area contributed by atoms with Gasteiger partial charge in [0.2, 0.25) is 0 Å². The molecule has 3 rings (SSSR count). The van der Waals surface area contributed by atoms with Crippen LogP contribution in [0.15, 0.2) is 66.7 Å². The summed E-state index contributed by atoms with van der Waals surface area (Å²) >= 11 is 6.05. The number of nitrogens with one attached hydrogen (secondary N) is 1. The molecule has 0 fully saturated rings. The zero-order valence-corrected chi connectivity index (χ0v) is 20.8. The average Bonchev–Trinajstić information content (AvgIpc) is 2.90. The van der Waals surface area contributed by atoms with E-state index in [1.54, 1.807) is 48.5 Å². The van der Waals surface area contributed by atoms with Crippen molar-refractivity contribution in [2.24, 2.45) is 0 Å². The van der Waals surface area contributed by atoms with Gasteiger partial charge in [-0.2, -0.15) is 0 Å². The van der Waals surface area contributed by atoms with Crippen LogP contribution in [0.2, 0.25) is 5.02 Å². The smallest absolute Gasteiger partial charge is 0.341 e. The first-order valence-corrected chi connectivity index (χ1v) is 11.3. The molecule has 3 aromatic carbocycles. The molecule has 0 radical (unpaired) electrons. The van der Waals surface area contributed by atoms with Gasteiger partial charge < -0.3 is 29.4 Å². The molecule has 3 aromatic rings. The second-order valence-electron chi connectivity index (χ2n) is 7.47. The molecule has 10 heteroatoms. The predicted octanol–water partition coefficient (Wildman–Crippen LogP) is 4.73. The number of ketones is 1. The lowest BCUT2D eigenvalue weighted by atomic mass is 10.1. The molecule has 2 N–H and O–H groups in total. The molecule has 0 aliphatic rings. The van der Waals surface area contributed by atoms with E-state index >= 15 is 0 Å². The molecule has 0 spiro atoms.